The molecule has 0 spiro atoms. The molecule has 0 aliphatic carbocycles. The molecule has 0 bridgehead atoms. The van der Waals surface area contributed by atoms with Gasteiger partial charge >= 0.3 is 0 Å². The molecule has 0 fully saturated rings. The predicted octanol–water partition coefficient (Wildman–Crippen LogP) is 3.71. The molecular formula is C16H13ClN2O2S. The molecule has 22 heavy (non-hydrogen) atoms. The van der Waals surface area contributed by atoms with Crippen molar-refractivity contribution in [2.75, 3.05) is 11.4 Å². The number of sulfonamides is 1. The van der Waals surface area contributed by atoms with Crippen molar-refractivity contribution in [2.24, 2.45) is 0 Å². The first-order valence-corrected chi connectivity index (χ1v) is 8.41. The number of nitrogens with zero attached hydrogens (tertiary/aromatic N) is 2. The van der Waals surface area contributed by atoms with Gasteiger partial charge in [0, 0.05) is 18.6 Å². The van der Waals surface area contributed by atoms with Gasteiger partial charge in [-0.2, -0.15) is 0 Å². The first-order chi connectivity index (χ1) is 10.5. The number of fused-ring (bicyclic) bond motifs is 1. The van der Waals surface area contributed by atoms with Gasteiger partial charge in [0.05, 0.1) is 5.69 Å². The van der Waals surface area contributed by atoms with Gasteiger partial charge in [0.15, 0.2) is 0 Å². The van der Waals surface area contributed by atoms with Crippen LogP contribution in [0.15, 0.2) is 65.7 Å². The number of pyridine rings is 1. The van der Waals surface area contributed by atoms with Gasteiger partial charge in [0.1, 0.15) is 10.0 Å². The van der Waals surface area contributed by atoms with E-state index in [1.807, 2.05) is 36.4 Å². The first kappa shape index (κ1) is 14.8. The number of hydrogen-bond acceptors (Lipinski definition) is 3. The highest BCUT2D eigenvalue weighted by molar-refractivity contribution is 7.93. The van der Waals surface area contributed by atoms with Gasteiger partial charge < -0.3 is 0 Å². The van der Waals surface area contributed by atoms with E-state index in [-0.39, 0.29) is 10.0 Å². The summed E-state index contributed by atoms with van der Waals surface area (Å²) >= 11 is 5.94. The molecule has 4 nitrogen and oxygen atoms in total. The Bertz CT molecular complexity index is 936. The van der Waals surface area contributed by atoms with Crippen LogP contribution in [-0.2, 0) is 10.0 Å². The average molecular weight is 333 g/mol. The Morgan fingerprint density at radius 2 is 1.73 bits per heavy atom. The number of benzene rings is 2. The van der Waals surface area contributed by atoms with E-state index >= 15 is 0 Å². The standard InChI is InChI=1S/C16H13ClN2O2S/c1-19(22(20,21)15-10-5-11-18-16(15)17)14-9-4-7-12-6-2-3-8-13(12)14/h2-11H,1H3. The second-order valence-corrected chi connectivity index (χ2v) is 7.06. The van der Waals surface area contributed by atoms with Crippen molar-refractivity contribution in [3.05, 3.63) is 65.9 Å². The number of rotatable bonds is 3. The van der Waals surface area contributed by atoms with Crippen molar-refractivity contribution in [1.82, 2.24) is 4.98 Å². The summed E-state index contributed by atoms with van der Waals surface area (Å²) in [6.07, 6.45) is 1.46. The summed E-state index contributed by atoms with van der Waals surface area (Å²) in [6, 6.07) is 16.2. The largest absolute Gasteiger partial charge is 0.269 e. The summed E-state index contributed by atoms with van der Waals surface area (Å²) < 4.78 is 26.8. The van der Waals surface area contributed by atoms with E-state index in [0.717, 1.165) is 10.8 Å². The fourth-order valence-electron chi connectivity index (χ4n) is 2.32. The molecule has 0 saturated heterocycles. The Balaban J connectivity index is 2.17. The Morgan fingerprint density at radius 3 is 2.50 bits per heavy atom. The molecule has 2 aromatic carbocycles. The van der Waals surface area contributed by atoms with Crippen LogP contribution in [0.1, 0.15) is 0 Å². The molecule has 112 valence electrons. The molecule has 0 radical (unpaired) electrons. The molecule has 3 aromatic rings. The summed E-state index contributed by atoms with van der Waals surface area (Å²) in [4.78, 5) is 3.84. The van der Waals surface area contributed by atoms with Gasteiger partial charge in [-0.15, -0.1) is 0 Å². The summed E-state index contributed by atoms with van der Waals surface area (Å²) in [5, 5.41) is 1.80. The van der Waals surface area contributed by atoms with Gasteiger partial charge in [-0.3, -0.25) is 4.31 Å². The van der Waals surface area contributed by atoms with Crippen molar-refractivity contribution < 1.29 is 8.42 Å². The third kappa shape index (κ3) is 2.42. The van der Waals surface area contributed by atoms with E-state index in [0.29, 0.717) is 5.69 Å². The Morgan fingerprint density at radius 1 is 1.00 bits per heavy atom. The van der Waals surface area contributed by atoms with E-state index < -0.39 is 10.0 Å². The number of hydrogen-bond donors (Lipinski definition) is 0. The van der Waals surface area contributed by atoms with Crippen LogP contribution in [0.25, 0.3) is 10.8 Å². The lowest BCUT2D eigenvalue weighted by Crippen LogP contribution is -2.27. The molecule has 0 unspecified atom stereocenters. The van der Waals surface area contributed by atoms with E-state index in [1.54, 1.807) is 12.1 Å². The highest BCUT2D eigenvalue weighted by Gasteiger charge is 2.25. The maximum atomic E-state index is 12.8. The predicted molar refractivity (Wildman–Crippen MR) is 88.8 cm³/mol. The fourth-order valence-corrected chi connectivity index (χ4v) is 3.96. The van der Waals surface area contributed by atoms with Crippen LogP contribution in [0, 0.1) is 0 Å². The van der Waals surface area contributed by atoms with Crippen molar-refractivity contribution in [1.29, 1.82) is 0 Å². The lowest BCUT2D eigenvalue weighted by Gasteiger charge is -2.21. The topological polar surface area (TPSA) is 50.3 Å². The second kappa shape index (κ2) is 5.59. The minimum absolute atomic E-state index is 0.00731. The zero-order valence-electron chi connectivity index (χ0n) is 11.8. The van der Waals surface area contributed by atoms with E-state index in [2.05, 4.69) is 4.98 Å². The molecular weight excluding hydrogens is 320 g/mol. The van der Waals surface area contributed by atoms with Crippen molar-refractivity contribution in [3.8, 4) is 0 Å². The third-order valence-electron chi connectivity index (χ3n) is 3.47. The van der Waals surface area contributed by atoms with Crippen LogP contribution in [0.3, 0.4) is 0 Å². The first-order valence-electron chi connectivity index (χ1n) is 6.59. The Labute approximate surface area is 134 Å². The molecule has 1 aromatic heterocycles. The minimum atomic E-state index is -3.78. The van der Waals surface area contributed by atoms with Gasteiger partial charge in [0.25, 0.3) is 10.0 Å². The summed E-state index contributed by atoms with van der Waals surface area (Å²) in [5.74, 6) is 0. The SMILES string of the molecule is CN(c1cccc2ccccc12)S(=O)(=O)c1cccnc1Cl. The summed E-state index contributed by atoms with van der Waals surface area (Å²) in [7, 11) is -2.26. The molecule has 6 heteroatoms. The van der Waals surface area contributed by atoms with Crippen LogP contribution in [0.5, 0.6) is 0 Å². The molecule has 0 amide bonds. The molecule has 0 atom stereocenters. The number of aromatic nitrogens is 1. The smallest absolute Gasteiger partial charge is 0.267 e. The number of halogens is 1. The van der Waals surface area contributed by atoms with Gasteiger partial charge in [-0.25, -0.2) is 13.4 Å². The van der Waals surface area contributed by atoms with Crippen LogP contribution in [0.4, 0.5) is 5.69 Å². The van der Waals surface area contributed by atoms with Gasteiger partial charge in [-0.1, -0.05) is 48.0 Å². The van der Waals surface area contributed by atoms with Crippen LogP contribution < -0.4 is 4.31 Å². The second-order valence-electron chi connectivity index (χ2n) is 4.76. The molecule has 1 heterocycles. The molecule has 0 aliphatic heterocycles. The quantitative estimate of drug-likeness (QED) is 0.687. The monoisotopic (exact) mass is 332 g/mol. The van der Waals surface area contributed by atoms with Crippen LogP contribution in [-0.4, -0.2) is 20.4 Å². The van der Waals surface area contributed by atoms with Crippen molar-refractivity contribution >= 4 is 38.1 Å². The van der Waals surface area contributed by atoms with E-state index in [1.165, 1.54) is 23.6 Å². The lowest BCUT2D eigenvalue weighted by molar-refractivity contribution is 0.594. The molecule has 0 aliphatic rings. The normalized spacial score (nSPS) is 11.5. The highest BCUT2D eigenvalue weighted by atomic mass is 35.5. The molecule has 0 saturated carbocycles. The third-order valence-corrected chi connectivity index (χ3v) is 5.69. The Hall–Kier alpha value is -2.11. The summed E-state index contributed by atoms with van der Waals surface area (Å²) in [5.41, 5.74) is 0.595. The van der Waals surface area contributed by atoms with Crippen molar-refractivity contribution in [3.63, 3.8) is 0 Å². The van der Waals surface area contributed by atoms with Gasteiger partial charge in [0.2, 0.25) is 0 Å². The maximum absolute atomic E-state index is 12.8. The van der Waals surface area contributed by atoms with E-state index in [9.17, 15) is 8.42 Å². The fraction of sp³-hybridized carbons (Fsp3) is 0.0625. The zero-order valence-corrected chi connectivity index (χ0v) is 13.3. The molecule has 3 rings (SSSR count). The Kier molecular flexibility index (Phi) is 3.76. The maximum Gasteiger partial charge on any atom is 0.267 e. The highest BCUT2D eigenvalue weighted by Crippen LogP contribution is 2.31. The number of anilines is 1. The minimum Gasteiger partial charge on any atom is -0.269 e. The van der Waals surface area contributed by atoms with E-state index in [4.69, 9.17) is 11.6 Å². The average Bonchev–Trinajstić information content (AvgIpc) is 2.54. The van der Waals surface area contributed by atoms with Gasteiger partial charge in [-0.05, 0) is 23.6 Å². The van der Waals surface area contributed by atoms with Crippen LogP contribution in [0.2, 0.25) is 5.15 Å². The van der Waals surface area contributed by atoms with Crippen LogP contribution >= 0.6 is 11.6 Å². The van der Waals surface area contributed by atoms with Crippen molar-refractivity contribution in [2.45, 2.75) is 4.90 Å². The lowest BCUT2D eigenvalue weighted by atomic mass is 10.1. The zero-order chi connectivity index (χ0) is 15.7. The summed E-state index contributed by atoms with van der Waals surface area (Å²) in [6.45, 7) is 0. The molecule has 0 N–H and O–H groups in total.